The fraction of sp³-hybridized carbons (Fsp3) is 0.138. The highest BCUT2D eigenvalue weighted by Crippen LogP contribution is 2.29. The Morgan fingerprint density at radius 1 is 0.974 bits per heavy atom. The minimum Gasteiger partial charge on any atom is -0.491 e. The first-order valence-corrected chi connectivity index (χ1v) is 13.0. The number of benzene rings is 2. The zero-order valence-electron chi connectivity index (χ0n) is 21.1. The van der Waals surface area contributed by atoms with E-state index in [2.05, 4.69) is 21.1 Å². The van der Waals surface area contributed by atoms with E-state index in [-0.39, 0.29) is 11.7 Å². The summed E-state index contributed by atoms with van der Waals surface area (Å²) in [6.07, 6.45) is 7.25. The molecule has 0 bridgehead atoms. The van der Waals surface area contributed by atoms with Gasteiger partial charge in [-0.3, -0.25) is 9.78 Å². The molecule has 0 aliphatic rings. The van der Waals surface area contributed by atoms with Crippen molar-refractivity contribution in [3.63, 3.8) is 0 Å². The smallest absolute Gasteiger partial charge is 0.291 e. The Morgan fingerprint density at radius 2 is 1.76 bits per heavy atom. The second-order valence-corrected chi connectivity index (χ2v) is 10.2. The van der Waals surface area contributed by atoms with Gasteiger partial charge in [-0.2, -0.15) is 14.6 Å². The van der Waals surface area contributed by atoms with E-state index in [0.717, 1.165) is 39.4 Å². The molecule has 0 aliphatic heterocycles. The Kier molecular flexibility index (Phi) is 6.05. The predicted octanol–water partition coefficient (Wildman–Crippen LogP) is 4.71. The number of ether oxygens (including phenoxy) is 1. The van der Waals surface area contributed by atoms with Gasteiger partial charge in [0.05, 0.1) is 16.3 Å². The molecule has 2 aromatic carbocycles. The lowest BCUT2D eigenvalue weighted by Gasteiger charge is -2.13. The number of thiazole rings is 1. The van der Waals surface area contributed by atoms with Crippen LogP contribution in [0, 0.1) is 6.92 Å². The number of pyridine rings is 1. The first-order valence-electron chi connectivity index (χ1n) is 12.2. The van der Waals surface area contributed by atoms with E-state index in [9.17, 15) is 4.79 Å². The summed E-state index contributed by atoms with van der Waals surface area (Å²) in [4.78, 5) is 22.4. The molecule has 0 spiro atoms. The van der Waals surface area contributed by atoms with Crippen LogP contribution in [0.4, 0.5) is 0 Å². The maximum atomic E-state index is 13.3. The van der Waals surface area contributed by atoms with Gasteiger partial charge in [-0.15, -0.1) is 5.10 Å². The average molecular weight is 521 g/mol. The highest BCUT2D eigenvalue weighted by Gasteiger charge is 2.16. The van der Waals surface area contributed by atoms with Gasteiger partial charge in [0, 0.05) is 35.3 Å². The molecule has 4 heterocycles. The van der Waals surface area contributed by atoms with E-state index in [1.165, 1.54) is 15.9 Å². The lowest BCUT2D eigenvalue weighted by Crippen LogP contribution is -2.23. The molecule has 4 aromatic heterocycles. The minimum absolute atomic E-state index is 0.0848. The molecule has 38 heavy (non-hydrogen) atoms. The normalized spacial score (nSPS) is 12.1. The van der Waals surface area contributed by atoms with Gasteiger partial charge in [0.2, 0.25) is 4.96 Å². The van der Waals surface area contributed by atoms with Crippen molar-refractivity contribution in [3.05, 3.63) is 105 Å². The monoisotopic (exact) mass is 520 g/mol. The topological polar surface area (TPSA) is 87.2 Å². The molecule has 188 valence electrons. The third-order valence-electron chi connectivity index (χ3n) is 5.98. The number of aromatic nitrogens is 6. The van der Waals surface area contributed by atoms with Crippen LogP contribution < -0.4 is 14.8 Å². The molecule has 9 heteroatoms. The Balaban J connectivity index is 1.47. The highest BCUT2D eigenvalue weighted by atomic mass is 32.1. The van der Waals surface area contributed by atoms with Gasteiger partial charge in [0.25, 0.3) is 5.56 Å². The first kappa shape index (κ1) is 23.7. The van der Waals surface area contributed by atoms with Gasteiger partial charge in [0.15, 0.2) is 5.82 Å². The SMILES string of the molecule is Cc1cc(-c2nn(-c3ccccc3)cc2/C=c2/sc3nc(-c4ccncc4)nn3c2=O)ccc1OC(C)C. The van der Waals surface area contributed by atoms with Gasteiger partial charge in [-0.05, 0) is 74.9 Å². The average Bonchev–Trinajstić information content (AvgIpc) is 3.61. The summed E-state index contributed by atoms with van der Waals surface area (Å²) in [6, 6.07) is 19.6. The van der Waals surface area contributed by atoms with Crippen molar-refractivity contribution in [1.29, 1.82) is 0 Å². The van der Waals surface area contributed by atoms with Crippen LogP contribution in [-0.2, 0) is 0 Å². The molecule has 0 fully saturated rings. The lowest BCUT2D eigenvalue weighted by atomic mass is 10.0. The molecule has 0 radical (unpaired) electrons. The van der Waals surface area contributed by atoms with Crippen LogP contribution in [-0.4, -0.2) is 35.5 Å². The van der Waals surface area contributed by atoms with E-state index >= 15 is 0 Å². The Labute approximate surface area is 222 Å². The van der Waals surface area contributed by atoms with Crippen molar-refractivity contribution in [2.75, 3.05) is 0 Å². The van der Waals surface area contributed by atoms with Crippen molar-refractivity contribution in [2.24, 2.45) is 0 Å². The third-order valence-corrected chi connectivity index (χ3v) is 6.94. The lowest BCUT2D eigenvalue weighted by molar-refractivity contribution is 0.241. The number of fused-ring (bicyclic) bond motifs is 1. The second kappa shape index (κ2) is 9.68. The second-order valence-electron chi connectivity index (χ2n) is 9.14. The summed E-state index contributed by atoms with van der Waals surface area (Å²) in [5, 5.41) is 9.35. The summed E-state index contributed by atoms with van der Waals surface area (Å²) in [5.41, 5.74) is 5.07. The van der Waals surface area contributed by atoms with E-state index in [1.807, 2.05) is 92.3 Å². The number of hydrogen-bond donors (Lipinski definition) is 0. The molecule has 0 saturated carbocycles. The Bertz CT molecular complexity index is 1860. The summed E-state index contributed by atoms with van der Waals surface area (Å²) >= 11 is 1.30. The van der Waals surface area contributed by atoms with Crippen LogP contribution in [0.25, 0.3) is 39.4 Å². The van der Waals surface area contributed by atoms with E-state index in [4.69, 9.17) is 9.84 Å². The summed E-state index contributed by atoms with van der Waals surface area (Å²) < 4.78 is 9.65. The van der Waals surface area contributed by atoms with Gasteiger partial charge in [-0.25, -0.2) is 4.68 Å². The largest absolute Gasteiger partial charge is 0.491 e. The minimum atomic E-state index is -0.215. The number of aryl methyl sites for hydroxylation is 1. The highest BCUT2D eigenvalue weighted by molar-refractivity contribution is 7.15. The number of para-hydroxylation sites is 1. The van der Waals surface area contributed by atoms with Crippen LogP contribution in [0.3, 0.4) is 0 Å². The molecule has 0 N–H and O–H groups in total. The fourth-order valence-corrected chi connectivity index (χ4v) is 5.11. The maximum absolute atomic E-state index is 13.3. The van der Waals surface area contributed by atoms with Gasteiger partial charge >= 0.3 is 0 Å². The van der Waals surface area contributed by atoms with Crippen molar-refractivity contribution >= 4 is 22.4 Å². The Morgan fingerprint density at radius 3 is 2.47 bits per heavy atom. The molecule has 0 saturated heterocycles. The van der Waals surface area contributed by atoms with Gasteiger partial charge in [0.1, 0.15) is 11.4 Å². The standard InChI is InChI=1S/C29H24N6O2S/c1-18(2)37-24-10-9-21(15-19(24)3)26-22(17-34(32-26)23-7-5-4-6-8-23)16-25-28(36)35-29(38-25)31-27(33-35)20-11-13-30-14-12-20/h4-18H,1-3H3/b25-16+. The summed E-state index contributed by atoms with van der Waals surface area (Å²) in [5.74, 6) is 1.34. The molecule has 0 atom stereocenters. The van der Waals surface area contributed by atoms with Gasteiger partial charge < -0.3 is 4.74 Å². The quantitative estimate of drug-likeness (QED) is 0.316. The molecule has 6 rings (SSSR count). The molecule has 0 unspecified atom stereocenters. The van der Waals surface area contributed by atoms with Crippen molar-refractivity contribution < 1.29 is 4.74 Å². The molecular formula is C29H24N6O2S. The molecular weight excluding hydrogens is 496 g/mol. The molecule has 6 aromatic rings. The number of rotatable bonds is 6. The molecule has 8 nitrogen and oxygen atoms in total. The third kappa shape index (κ3) is 4.48. The number of nitrogens with zero attached hydrogens (tertiary/aromatic N) is 6. The van der Waals surface area contributed by atoms with E-state index in [0.29, 0.717) is 15.3 Å². The first-order chi connectivity index (χ1) is 18.5. The van der Waals surface area contributed by atoms with Crippen LogP contribution >= 0.6 is 11.3 Å². The number of hydrogen-bond acceptors (Lipinski definition) is 7. The fourth-order valence-electron chi connectivity index (χ4n) is 4.21. The summed E-state index contributed by atoms with van der Waals surface area (Å²) in [6.45, 7) is 6.04. The van der Waals surface area contributed by atoms with Gasteiger partial charge in [-0.1, -0.05) is 29.5 Å². The van der Waals surface area contributed by atoms with Crippen LogP contribution in [0.2, 0.25) is 0 Å². The van der Waals surface area contributed by atoms with Crippen molar-refractivity contribution in [1.82, 2.24) is 29.4 Å². The van der Waals surface area contributed by atoms with Crippen molar-refractivity contribution in [3.8, 4) is 34.1 Å². The zero-order chi connectivity index (χ0) is 26.2. The van der Waals surface area contributed by atoms with Crippen LogP contribution in [0.1, 0.15) is 25.0 Å². The summed E-state index contributed by atoms with van der Waals surface area (Å²) in [7, 11) is 0. The van der Waals surface area contributed by atoms with Crippen molar-refractivity contribution in [2.45, 2.75) is 26.9 Å². The molecule has 0 amide bonds. The zero-order valence-corrected chi connectivity index (χ0v) is 21.9. The Hall–Kier alpha value is -4.63. The van der Waals surface area contributed by atoms with Crippen LogP contribution in [0.5, 0.6) is 5.75 Å². The maximum Gasteiger partial charge on any atom is 0.291 e. The van der Waals surface area contributed by atoms with E-state index < -0.39 is 0 Å². The molecule has 0 aliphatic carbocycles. The predicted molar refractivity (Wildman–Crippen MR) is 149 cm³/mol. The van der Waals surface area contributed by atoms with Crippen LogP contribution in [0.15, 0.2) is 84.0 Å². The van der Waals surface area contributed by atoms with E-state index in [1.54, 1.807) is 12.4 Å².